The summed E-state index contributed by atoms with van der Waals surface area (Å²) >= 11 is 0. The first-order valence-electron chi connectivity index (χ1n) is 4.18. The highest BCUT2D eigenvalue weighted by Gasteiger charge is 2.58. The Morgan fingerprint density at radius 1 is 0.944 bits per heavy atom. The van der Waals surface area contributed by atoms with Crippen LogP contribution in [0.3, 0.4) is 0 Å². The van der Waals surface area contributed by atoms with Gasteiger partial charge in [-0.3, -0.25) is 0 Å². The highest BCUT2D eigenvalue weighted by molar-refractivity contribution is 5.58. The molecule has 10 heteroatoms. The van der Waals surface area contributed by atoms with E-state index in [1.165, 1.54) is 0 Å². The summed E-state index contributed by atoms with van der Waals surface area (Å²) < 4.78 is 98.0. The van der Waals surface area contributed by atoms with Crippen LogP contribution in [-0.2, 0) is 5.92 Å². The van der Waals surface area contributed by atoms with E-state index in [0.717, 1.165) is 5.54 Å². The van der Waals surface area contributed by atoms with Crippen molar-refractivity contribution < 1.29 is 35.4 Å². The molecule has 0 radical (unpaired) electrons. The highest BCUT2D eigenvalue weighted by atomic mass is 19.4. The van der Waals surface area contributed by atoms with Crippen LogP contribution in [0.4, 0.5) is 46.8 Å². The van der Waals surface area contributed by atoms with E-state index >= 15 is 0 Å². The molecule has 0 spiro atoms. The first-order valence-corrected chi connectivity index (χ1v) is 4.18. The predicted octanol–water partition coefficient (Wildman–Crippen LogP) is 4.21. The van der Waals surface area contributed by atoms with Crippen molar-refractivity contribution in [2.24, 2.45) is 0 Å². The maximum Gasteiger partial charge on any atom is 0.458 e. The normalized spacial score (nSPS) is 12.4. The Balaban J connectivity index is 3.36. The molecule has 0 amide bonds. The number of alkyl halides is 5. The number of hydrogen-bond acceptors (Lipinski definition) is 2. The number of nitrogens with zero attached hydrogens (tertiary/aromatic N) is 1. The highest BCUT2D eigenvalue weighted by Crippen LogP contribution is 2.45. The fraction of sp³-hybridized carbons (Fsp3) is 0.250. The molecule has 0 unspecified atom stereocenters. The van der Waals surface area contributed by atoms with Crippen LogP contribution in [0.15, 0.2) is 18.2 Å². The van der Waals surface area contributed by atoms with Gasteiger partial charge < -0.3 is 0 Å². The maximum absolute atomic E-state index is 12.9. The molecule has 0 fully saturated rings. The van der Waals surface area contributed by atoms with Crippen molar-refractivity contribution >= 4 is 11.4 Å². The summed E-state index contributed by atoms with van der Waals surface area (Å²) in [6, 6.07) is 0.352. The van der Waals surface area contributed by atoms with Crippen molar-refractivity contribution in [1.82, 2.24) is 0 Å². The van der Waals surface area contributed by atoms with E-state index in [4.69, 9.17) is 0 Å². The van der Waals surface area contributed by atoms with E-state index in [9.17, 15) is 35.4 Å². The van der Waals surface area contributed by atoms with Crippen LogP contribution < -0.4 is 10.9 Å². The molecule has 2 nitrogen and oxygen atoms in total. The summed E-state index contributed by atoms with van der Waals surface area (Å²) in [5.74, 6) is -5.37. The SMILES string of the molecule is FNc1cc(N(F)F)cc(C(F)(F)C(F)(F)F)c1. The minimum atomic E-state index is -5.98. The molecule has 0 atom stereocenters. The van der Waals surface area contributed by atoms with E-state index in [0.29, 0.717) is 6.07 Å². The van der Waals surface area contributed by atoms with E-state index in [1.54, 1.807) is 0 Å². The quantitative estimate of drug-likeness (QED) is 0.659. The van der Waals surface area contributed by atoms with Crippen molar-refractivity contribution in [3.8, 4) is 0 Å². The second kappa shape index (κ2) is 4.50. The molecule has 1 aromatic carbocycles. The minimum Gasteiger partial charge on any atom is -0.224 e. The van der Waals surface area contributed by atoms with Crippen LogP contribution in [-0.4, -0.2) is 6.18 Å². The van der Waals surface area contributed by atoms with Gasteiger partial charge in [-0.05, 0) is 23.5 Å². The van der Waals surface area contributed by atoms with Crippen LogP contribution in [0.1, 0.15) is 5.56 Å². The lowest BCUT2D eigenvalue weighted by Gasteiger charge is -2.21. The topological polar surface area (TPSA) is 15.3 Å². The van der Waals surface area contributed by atoms with Gasteiger partial charge in [-0.2, -0.15) is 22.0 Å². The molecule has 1 N–H and O–H groups in total. The third-order valence-corrected chi connectivity index (χ3v) is 1.94. The molecule has 0 heterocycles. The number of anilines is 2. The molecule has 0 aliphatic carbocycles. The van der Waals surface area contributed by atoms with Gasteiger partial charge in [-0.25, -0.2) is 5.54 Å². The lowest BCUT2D eigenvalue weighted by Crippen LogP contribution is -2.33. The number of benzene rings is 1. The number of halogens is 8. The van der Waals surface area contributed by atoms with Gasteiger partial charge in [0.2, 0.25) is 0 Å². The van der Waals surface area contributed by atoms with E-state index in [2.05, 4.69) is 0 Å². The molecule has 0 aromatic heterocycles. The summed E-state index contributed by atoms with van der Waals surface area (Å²) in [5.41, 5.74) is -3.33. The maximum atomic E-state index is 12.9. The summed E-state index contributed by atoms with van der Waals surface area (Å²) in [4.78, 5) is 0. The molecular weight excluding hydrogens is 276 g/mol. The molecular formula is C8H4F8N2. The Hall–Kier alpha value is -1.74. The van der Waals surface area contributed by atoms with Gasteiger partial charge in [0.05, 0.1) is 5.69 Å². The van der Waals surface area contributed by atoms with Crippen LogP contribution in [0, 0.1) is 0 Å². The van der Waals surface area contributed by atoms with Gasteiger partial charge >= 0.3 is 12.1 Å². The van der Waals surface area contributed by atoms with Crippen molar-refractivity contribution in [2.45, 2.75) is 12.1 Å². The standard InChI is InChI=1S/C8H4F8N2/c9-7(10,8(11,12)13)4-1-5(17-14)3-6(2-4)18(15)16/h1-3,17H. The average Bonchev–Trinajstić information content (AvgIpc) is 2.26. The summed E-state index contributed by atoms with van der Waals surface area (Å²) in [6.07, 6.45) is -5.98. The lowest BCUT2D eigenvalue weighted by molar-refractivity contribution is -0.289. The first-order chi connectivity index (χ1) is 8.09. The first kappa shape index (κ1) is 14.3. The Bertz CT molecular complexity index is 428. The monoisotopic (exact) mass is 280 g/mol. The van der Waals surface area contributed by atoms with Gasteiger partial charge in [-0.15, -0.1) is 4.48 Å². The van der Waals surface area contributed by atoms with Gasteiger partial charge in [-0.1, -0.05) is 8.96 Å². The van der Waals surface area contributed by atoms with Crippen LogP contribution >= 0.6 is 0 Å². The predicted molar refractivity (Wildman–Crippen MR) is 45.8 cm³/mol. The number of hydrogen-bond donors (Lipinski definition) is 1. The molecule has 18 heavy (non-hydrogen) atoms. The van der Waals surface area contributed by atoms with Crippen LogP contribution in [0.25, 0.3) is 0 Å². The van der Waals surface area contributed by atoms with E-state index in [-0.39, 0.29) is 12.1 Å². The van der Waals surface area contributed by atoms with E-state index in [1.807, 2.05) is 0 Å². The third kappa shape index (κ3) is 2.57. The Labute approximate surface area is 94.6 Å². The summed E-state index contributed by atoms with van der Waals surface area (Å²) in [7, 11) is 0. The molecule has 1 rings (SSSR count). The van der Waals surface area contributed by atoms with Crippen molar-refractivity contribution in [3.05, 3.63) is 23.8 Å². The Morgan fingerprint density at radius 2 is 1.50 bits per heavy atom. The zero-order chi connectivity index (χ0) is 14.1. The molecule has 0 saturated heterocycles. The molecule has 102 valence electrons. The largest absolute Gasteiger partial charge is 0.458 e. The zero-order valence-electron chi connectivity index (χ0n) is 8.20. The van der Waals surface area contributed by atoms with Crippen molar-refractivity contribution in [3.63, 3.8) is 0 Å². The molecule has 0 aliphatic heterocycles. The van der Waals surface area contributed by atoms with Crippen molar-refractivity contribution in [2.75, 3.05) is 10.9 Å². The average molecular weight is 280 g/mol. The fourth-order valence-corrected chi connectivity index (χ4v) is 1.11. The molecule has 0 aliphatic rings. The second-order valence-corrected chi connectivity index (χ2v) is 3.17. The zero-order valence-corrected chi connectivity index (χ0v) is 8.20. The van der Waals surface area contributed by atoms with Crippen molar-refractivity contribution in [1.29, 1.82) is 0 Å². The van der Waals surface area contributed by atoms with Gasteiger partial charge in [0.15, 0.2) is 0 Å². The fourth-order valence-electron chi connectivity index (χ4n) is 1.11. The van der Waals surface area contributed by atoms with Gasteiger partial charge in [0, 0.05) is 5.56 Å². The minimum absolute atomic E-state index is 0.0838. The number of rotatable bonds is 3. The second-order valence-electron chi connectivity index (χ2n) is 3.17. The smallest absolute Gasteiger partial charge is 0.224 e. The van der Waals surface area contributed by atoms with Crippen LogP contribution in [0.5, 0.6) is 0 Å². The summed E-state index contributed by atoms with van der Waals surface area (Å²) in [5, 5.41) is -1.71. The lowest BCUT2D eigenvalue weighted by atomic mass is 10.1. The molecule has 0 bridgehead atoms. The van der Waals surface area contributed by atoms with E-state index < -0.39 is 34.4 Å². The Morgan fingerprint density at radius 3 is 1.89 bits per heavy atom. The Kier molecular flexibility index (Phi) is 3.58. The third-order valence-electron chi connectivity index (χ3n) is 1.94. The van der Waals surface area contributed by atoms with Crippen LogP contribution in [0.2, 0.25) is 0 Å². The molecule has 0 saturated carbocycles. The summed E-state index contributed by atoms with van der Waals surface area (Å²) in [6.45, 7) is 0. The number of nitrogens with one attached hydrogen (secondary N) is 1. The van der Waals surface area contributed by atoms with Gasteiger partial charge in [0.25, 0.3) is 0 Å². The molecule has 1 aromatic rings. The van der Waals surface area contributed by atoms with Gasteiger partial charge in [0.1, 0.15) is 5.69 Å².